The number of hydrogen-bond donors (Lipinski definition) is 0. The predicted molar refractivity (Wildman–Crippen MR) is 79.5 cm³/mol. The van der Waals surface area contributed by atoms with Crippen LogP contribution in [0.5, 0.6) is 0 Å². The zero-order valence-corrected chi connectivity index (χ0v) is 11.7. The van der Waals surface area contributed by atoms with E-state index in [0.717, 1.165) is 12.0 Å². The average Bonchev–Trinajstić information content (AvgIpc) is 2.54. The maximum Gasteiger partial charge on any atom is 0.270 e. The predicted octanol–water partition coefficient (Wildman–Crippen LogP) is 3.33. The van der Waals surface area contributed by atoms with Crippen molar-refractivity contribution in [1.29, 1.82) is 0 Å². The molecule has 1 aliphatic rings. The molecule has 0 N–H and O–H groups in total. The number of halogens is 1. The monoisotopic (exact) mass is 300 g/mol. The van der Waals surface area contributed by atoms with E-state index in [0.29, 0.717) is 13.0 Å². The van der Waals surface area contributed by atoms with Crippen LogP contribution in [0.1, 0.15) is 22.3 Å². The van der Waals surface area contributed by atoms with Crippen LogP contribution in [-0.2, 0) is 6.42 Å². The van der Waals surface area contributed by atoms with Crippen LogP contribution >= 0.6 is 0 Å². The fraction of sp³-hybridized carbons (Fsp3) is 0.188. The van der Waals surface area contributed by atoms with E-state index in [-0.39, 0.29) is 16.9 Å². The molecule has 0 spiro atoms. The SMILES string of the molecule is O=C(c1cccc([N+](=O)[O-])c1)N1CCCc2cccc(F)c21. The molecule has 5 nitrogen and oxygen atoms in total. The van der Waals surface area contributed by atoms with Crippen molar-refractivity contribution >= 4 is 17.3 Å². The maximum absolute atomic E-state index is 14.1. The average molecular weight is 300 g/mol. The van der Waals surface area contributed by atoms with E-state index in [1.807, 2.05) is 0 Å². The molecule has 112 valence electrons. The van der Waals surface area contributed by atoms with Crippen LogP contribution in [0.25, 0.3) is 0 Å². The Bertz CT molecular complexity index is 761. The summed E-state index contributed by atoms with van der Waals surface area (Å²) in [7, 11) is 0. The van der Waals surface area contributed by atoms with Crippen molar-refractivity contribution in [3.8, 4) is 0 Å². The number of benzene rings is 2. The van der Waals surface area contributed by atoms with Crippen LogP contribution in [0.4, 0.5) is 15.8 Å². The molecule has 0 unspecified atom stereocenters. The van der Waals surface area contributed by atoms with E-state index < -0.39 is 16.6 Å². The molecule has 22 heavy (non-hydrogen) atoms. The fourth-order valence-electron chi connectivity index (χ4n) is 2.71. The zero-order chi connectivity index (χ0) is 15.7. The lowest BCUT2D eigenvalue weighted by Gasteiger charge is -2.29. The number of aryl methyl sites for hydroxylation is 1. The summed E-state index contributed by atoms with van der Waals surface area (Å²) in [4.78, 5) is 24.3. The van der Waals surface area contributed by atoms with Crippen LogP contribution in [0.2, 0.25) is 0 Å². The second kappa shape index (κ2) is 5.55. The number of para-hydroxylation sites is 1. The number of amides is 1. The van der Waals surface area contributed by atoms with E-state index in [9.17, 15) is 19.3 Å². The van der Waals surface area contributed by atoms with Gasteiger partial charge in [0, 0.05) is 24.2 Å². The van der Waals surface area contributed by atoms with E-state index in [2.05, 4.69) is 0 Å². The Hall–Kier alpha value is -2.76. The number of carbonyl (C=O) groups excluding carboxylic acids is 1. The highest BCUT2D eigenvalue weighted by atomic mass is 19.1. The minimum atomic E-state index is -0.554. The molecular weight excluding hydrogens is 287 g/mol. The van der Waals surface area contributed by atoms with Gasteiger partial charge in [-0.2, -0.15) is 0 Å². The normalized spacial score (nSPS) is 13.6. The van der Waals surface area contributed by atoms with Crippen molar-refractivity contribution in [3.63, 3.8) is 0 Å². The first kappa shape index (κ1) is 14.2. The lowest BCUT2D eigenvalue weighted by atomic mass is 10.0. The van der Waals surface area contributed by atoms with Gasteiger partial charge in [-0.15, -0.1) is 0 Å². The van der Waals surface area contributed by atoms with Gasteiger partial charge in [-0.1, -0.05) is 18.2 Å². The first-order chi connectivity index (χ1) is 10.6. The largest absolute Gasteiger partial charge is 0.305 e. The molecule has 0 saturated heterocycles. The van der Waals surface area contributed by atoms with Crippen molar-refractivity contribution in [3.05, 3.63) is 69.5 Å². The third-order valence-electron chi connectivity index (χ3n) is 3.72. The topological polar surface area (TPSA) is 63.4 Å². The number of carbonyl (C=O) groups is 1. The molecule has 6 heteroatoms. The lowest BCUT2D eigenvalue weighted by molar-refractivity contribution is -0.384. The third-order valence-corrected chi connectivity index (χ3v) is 3.72. The van der Waals surface area contributed by atoms with E-state index >= 15 is 0 Å². The summed E-state index contributed by atoms with van der Waals surface area (Å²) in [5.74, 6) is -0.870. The van der Waals surface area contributed by atoms with E-state index in [4.69, 9.17) is 0 Å². The Morgan fingerprint density at radius 2 is 2.00 bits per heavy atom. The van der Waals surface area contributed by atoms with Crippen molar-refractivity contribution in [2.45, 2.75) is 12.8 Å². The molecule has 1 heterocycles. The molecule has 0 aliphatic carbocycles. The summed E-state index contributed by atoms with van der Waals surface area (Å²) >= 11 is 0. The molecule has 2 aromatic rings. The number of anilines is 1. The standard InChI is InChI=1S/C16H13FN2O3/c17-14-8-2-4-11-6-3-9-18(15(11)14)16(20)12-5-1-7-13(10-12)19(21)22/h1-2,4-5,7-8,10H,3,6,9H2. The molecule has 0 fully saturated rings. The highest BCUT2D eigenvalue weighted by molar-refractivity contribution is 6.07. The second-order valence-electron chi connectivity index (χ2n) is 5.12. The number of rotatable bonds is 2. The number of hydrogen-bond acceptors (Lipinski definition) is 3. The van der Waals surface area contributed by atoms with Gasteiger partial charge in [0.1, 0.15) is 5.82 Å². The van der Waals surface area contributed by atoms with Gasteiger partial charge in [0.2, 0.25) is 0 Å². The maximum atomic E-state index is 14.1. The highest BCUT2D eigenvalue weighted by Crippen LogP contribution is 2.31. The number of fused-ring (bicyclic) bond motifs is 1. The molecule has 0 radical (unpaired) electrons. The van der Waals surface area contributed by atoms with Gasteiger partial charge in [0.05, 0.1) is 10.6 Å². The number of nitro groups is 1. The Labute approximate surface area is 126 Å². The molecule has 1 amide bonds. The summed E-state index contributed by atoms with van der Waals surface area (Å²) in [6.45, 7) is 0.398. The first-order valence-corrected chi connectivity index (χ1v) is 6.91. The van der Waals surface area contributed by atoms with Gasteiger partial charge < -0.3 is 4.90 Å². The smallest absolute Gasteiger partial charge is 0.270 e. The molecular formula is C16H13FN2O3. The van der Waals surface area contributed by atoms with Crippen molar-refractivity contribution < 1.29 is 14.1 Å². The van der Waals surface area contributed by atoms with Crippen LogP contribution in [-0.4, -0.2) is 17.4 Å². The number of nitrogens with zero attached hydrogens (tertiary/aromatic N) is 2. The first-order valence-electron chi connectivity index (χ1n) is 6.91. The van der Waals surface area contributed by atoms with Crippen LogP contribution < -0.4 is 4.90 Å². The van der Waals surface area contributed by atoms with Gasteiger partial charge in [0.25, 0.3) is 11.6 Å². The molecule has 0 bridgehead atoms. The molecule has 0 aromatic heterocycles. The second-order valence-corrected chi connectivity index (χ2v) is 5.12. The minimum absolute atomic E-state index is 0.156. The zero-order valence-electron chi connectivity index (χ0n) is 11.7. The van der Waals surface area contributed by atoms with Crippen molar-refractivity contribution in [2.24, 2.45) is 0 Å². The highest BCUT2D eigenvalue weighted by Gasteiger charge is 2.27. The third kappa shape index (κ3) is 2.43. The Balaban J connectivity index is 2.01. The summed E-state index contributed by atoms with van der Waals surface area (Å²) in [6, 6.07) is 10.2. The number of non-ortho nitro benzene ring substituents is 1. The molecule has 0 atom stereocenters. The lowest BCUT2D eigenvalue weighted by Crippen LogP contribution is -2.36. The Morgan fingerprint density at radius 3 is 2.77 bits per heavy atom. The molecule has 3 rings (SSSR count). The van der Waals surface area contributed by atoms with Gasteiger partial charge in [-0.05, 0) is 30.5 Å². The van der Waals surface area contributed by atoms with Crippen LogP contribution in [0, 0.1) is 15.9 Å². The summed E-state index contributed by atoms with van der Waals surface area (Å²) < 4.78 is 14.1. The van der Waals surface area contributed by atoms with Crippen molar-refractivity contribution in [1.82, 2.24) is 0 Å². The quantitative estimate of drug-likeness (QED) is 0.631. The summed E-state index contributed by atoms with van der Waals surface area (Å²) in [5.41, 5.74) is 1.09. The van der Waals surface area contributed by atoms with Crippen LogP contribution in [0.15, 0.2) is 42.5 Å². The van der Waals surface area contributed by atoms with Crippen molar-refractivity contribution in [2.75, 3.05) is 11.4 Å². The van der Waals surface area contributed by atoms with E-state index in [1.165, 1.54) is 35.2 Å². The molecule has 2 aromatic carbocycles. The fourth-order valence-corrected chi connectivity index (χ4v) is 2.71. The van der Waals surface area contributed by atoms with Gasteiger partial charge >= 0.3 is 0 Å². The summed E-state index contributed by atoms with van der Waals surface area (Å²) in [5, 5.41) is 10.8. The molecule has 1 aliphatic heterocycles. The minimum Gasteiger partial charge on any atom is -0.305 e. The summed E-state index contributed by atoms with van der Waals surface area (Å²) in [6.07, 6.45) is 1.45. The Morgan fingerprint density at radius 1 is 1.23 bits per heavy atom. The molecule has 0 saturated carbocycles. The van der Waals surface area contributed by atoms with E-state index in [1.54, 1.807) is 12.1 Å². The Kier molecular flexibility index (Phi) is 3.58. The number of nitro benzene ring substituents is 1. The van der Waals surface area contributed by atoms with Gasteiger partial charge in [0.15, 0.2) is 0 Å². The van der Waals surface area contributed by atoms with Crippen LogP contribution in [0.3, 0.4) is 0 Å². The van der Waals surface area contributed by atoms with Gasteiger partial charge in [-0.25, -0.2) is 4.39 Å². The van der Waals surface area contributed by atoms with Gasteiger partial charge in [-0.3, -0.25) is 14.9 Å².